The topological polar surface area (TPSA) is 79.7 Å². The number of piperidine rings is 1. The van der Waals surface area contributed by atoms with Crippen molar-refractivity contribution in [3.63, 3.8) is 0 Å². The summed E-state index contributed by atoms with van der Waals surface area (Å²) in [4.78, 5) is 37.5. The highest BCUT2D eigenvalue weighted by Crippen LogP contribution is 2.24. The highest BCUT2D eigenvalue weighted by molar-refractivity contribution is 7.09. The molecule has 4 heterocycles. The quantitative estimate of drug-likeness (QED) is 0.424. The number of halogens is 2. The average Bonchev–Trinajstić information content (AvgIpc) is 3.58. The summed E-state index contributed by atoms with van der Waals surface area (Å²) in [6, 6.07) is 12.1. The Morgan fingerprint density at radius 2 is 1.90 bits per heavy atom. The second-order valence-corrected chi connectivity index (χ2v) is 11.5. The third-order valence-corrected chi connectivity index (χ3v) is 8.21. The first-order chi connectivity index (χ1) is 18.0. The van der Waals surface area contributed by atoms with E-state index in [2.05, 4.69) is 41.2 Å². The number of carbonyl (C=O) groups is 2. The van der Waals surface area contributed by atoms with Crippen LogP contribution >= 0.6 is 36.2 Å². The van der Waals surface area contributed by atoms with Gasteiger partial charge < -0.3 is 24.4 Å². The lowest BCUT2D eigenvalue weighted by molar-refractivity contribution is -0.140. The SMILES string of the molecule is CC(C)CN(C(=O)c1nc2ccccc2n1CCc1cccs1)[C@@H]1CNC[C@H](C(=O)N2CCOCC2)C1.Cl.Cl. The summed E-state index contributed by atoms with van der Waals surface area (Å²) in [5.41, 5.74) is 1.82. The number of para-hydroxylation sites is 2. The molecule has 2 fully saturated rings. The zero-order valence-electron chi connectivity index (χ0n) is 22.6. The molecule has 2 aliphatic heterocycles. The molecule has 0 radical (unpaired) electrons. The maximum atomic E-state index is 14.2. The average molecular weight is 597 g/mol. The highest BCUT2D eigenvalue weighted by atomic mass is 35.5. The van der Waals surface area contributed by atoms with E-state index >= 15 is 0 Å². The van der Waals surface area contributed by atoms with Crippen LogP contribution in [0, 0.1) is 11.8 Å². The molecule has 2 aliphatic rings. The number of amides is 2. The van der Waals surface area contributed by atoms with Gasteiger partial charge in [0.1, 0.15) is 0 Å². The molecule has 1 N–H and O–H groups in total. The molecule has 39 heavy (non-hydrogen) atoms. The fourth-order valence-corrected chi connectivity index (χ4v) is 6.15. The predicted molar refractivity (Wildman–Crippen MR) is 160 cm³/mol. The Labute approximate surface area is 246 Å². The van der Waals surface area contributed by atoms with Crippen LogP contribution in [0.15, 0.2) is 41.8 Å². The first-order valence-electron chi connectivity index (χ1n) is 13.4. The number of hydrogen-bond acceptors (Lipinski definition) is 6. The van der Waals surface area contributed by atoms with E-state index in [0.717, 1.165) is 17.5 Å². The van der Waals surface area contributed by atoms with Gasteiger partial charge in [0.25, 0.3) is 5.91 Å². The molecule has 0 unspecified atom stereocenters. The molecule has 8 nitrogen and oxygen atoms in total. The number of nitrogens with one attached hydrogen (secondary N) is 1. The van der Waals surface area contributed by atoms with E-state index in [1.165, 1.54) is 4.88 Å². The summed E-state index contributed by atoms with van der Waals surface area (Å²) in [7, 11) is 0. The van der Waals surface area contributed by atoms with Crippen molar-refractivity contribution in [1.82, 2.24) is 24.7 Å². The van der Waals surface area contributed by atoms with E-state index in [0.29, 0.717) is 70.6 Å². The molecule has 0 saturated carbocycles. The molecular weight excluding hydrogens is 557 g/mol. The lowest BCUT2D eigenvalue weighted by Gasteiger charge is -2.40. The summed E-state index contributed by atoms with van der Waals surface area (Å²) in [6.07, 6.45) is 1.51. The number of morpholine rings is 1. The Morgan fingerprint density at radius 3 is 2.62 bits per heavy atom. The number of benzene rings is 1. The fraction of sp³-hybridized carbons (Fsp3) is 0.536. The number of ether oxygens (including phenoxy) is 1. The number of hydrogen-bond donors (Lipinski definition) is 1. The number of aryl methyl sites for hydroxylation is 2. The van der Waals surface area contributed by atoms with Gasteiger partial charge >= 0.3 is 0 Å². The van der Waals surface area contributed by atoms with E-state index < -0.39 is 0 Å². The van der Waals surface area contributed by atoms with E-state index in [1.54, 1.807) is 11.3 Å². The van der Waals surface area contributed by atoms with E-state index in [9.17, 15) is 9.59 Å². The summed E-state index contributed by atoms with van der Waals surface area (Å²) in [5, 5.41) is 5.54. The summed E-state index contributed by atoms with van der Waals surface area (Å²) >= 11 is 1.74. The van der Waals surface area contributed by atoms with E-state index in [4.69, 9.17) is 9.72 Å². The standard InChI is InChI=1S/C28H37N5O3S.2ClH/c1-20(2)19-33(22-16-21(17-29-18-22)27(34)31-11-13-36-14-12-31)28(35)26-30-24-7-3-4-8-25(24)32(26)10-9-23-6-5-15-37-23;;/h3-8,15,20-22,29H,9-14,16-19H2,1-2H3;2*1H/t21-,22+;;/m1../s1. The number of rotatable bonds is 8. The Hall–Kier alpha value is -2.17. The van der Waals surface area contributed by atoms with Gasteiger partial charge in [0.2, 0.25) is 5.91 Å². The lowest BCUT2D eigenvalue weighted by Crippen LogP contribution is -2.56. The Bertz CT molecular complexity index is 1210. The van der Waals surface area contributed by atoms with Gasteiger partial charge in [-0.1, -0.05) is 32.0 Å². The minimum atomic E-state index is -0.142. The van der Waals surface area contributed by atoms with Gasteiger partial charge in [0, 0.05) is 50.2 Å². The van der Waals surface area contributed by atoms with Gasteiger partial charge in [-0.15, -0.1) is 36.2 Å². The number of fused-ring (bicyclic) bond motifs is 1. The van der Waals surface area contributed by atoms with Gasteiger partial charge in [-0.2, -0.15) is 0 Å². The lowest BCUT2D eigenvalue weighted by atomic mass is 9.92. The van der Waals surface area contributed by atoms with Crippen molar-refractivity contribution in [2.75, 3.05) is 45.9 Å². The molecule has 0 aliphatic carbocycles. The van der Waals surface area contributed by atoms with Crippen LogP contribution in [0.2, 0.25) is 0 Å². The molecule has 1 aromatic carbocycles. The highest BCUT2D eigenvalue weighted by Gasteiger charge is 2.36. The van der Waals surface area contributed by atoms with Crippen LogP contribution in [-0.2, 0) is 22.5 Å². The molecular formula is C28H39Cl2N5O3S. The summed E-state index contributed by atoms with van der Waals surface area (Å²) < 4.78 is 7.51. The molecule has 0 spiro atoms. The molecule has 0 bridgehead atoms. The maximum absolute atomic E-state index is 14.2. The third-order valence-electron chi connectivity index (χ3n) is 7.27. The monoisotopic (exact) mass is 595 g/mol. The predicted octanol–water partition coefficient (Wildman–Crippen LogP) is 4.12. The van der Waals surface area contributed by atoms with Crippen LogP contribution < -0.4 is 5.32 Å². The summed E-state index contributed by atoms with van der Waals surface area (Å²) in [5.74, 6) is 0.753. The van der Waals surface area contributed by atoms with Gasteiger partial charge in [-0.05, 0) is 42.3 Å². The zero-order chi connectivity index (χ0) is 25.8. The van der Waals surface area contributed by atoms with E-state index in [1.807, 2.05) is 34.1 Å². The smallest absolute Gasteiger partial charge is 0.290 e. The van der Waals surface area contributed by atoms with Crippen molar-refractivity contribution in [2.24, 2.45) is 11.8 Å². The van der Waals surface area contributed by atoms with Gasteiger partial charge in [-0.3, -0.25) is 9.59 Å². The normalized spacial score (nSPS) is 19.4. The van der Waals surface area contributed by atoms with Crippen LogP contribution in [0.1, 0.15) is 35.8 Å². The maximum Gasteiger partial charge on any atom is 0.290 e. The number of nitrogens with zero attached hydrogens (tertiary/aromatic N) is 4. The molecule has 2 amide bonds. The number of thiophene rings is 1. The first kappa shape index (κ1) is 31.4. The largest absolute Gasteiger partial charge is 0.378 e. The molecule has 5 rings (SSSR count). The van der Waals surface area contributed by atoms with Gasteiger partial charge in [0.15, 0.2) is 5.82 Å². The number of aromatic nitrogens is 2. The molecule has 2 saturated heterocycles. The summed E-state index contributed by atoms with van der Waals surface area (Å²) in [6.45, 7) is 9.38. The second kappa shape index (κ2) is 14.5. The van der Waals surface area contributed by atoms with Gasteiger partial charge in [-0.25, -0.2) is 4.98 Å². The molecule has 11 heteroatoms. The number of imidazole rings is 1. The van der Waals surface area contributed by atoms with Crippen LogP contribution in [0.4, 0.5) is 0 Å². The van der Waals surface area contributed by atoms with Gasteiger partial charge in [0.05, 0.1) is 30.2 Å². The van der Waals surface area contributed by atoms with Crippen LogP contribution in [0.3, 0.4) is 0 Å². The Morgan fingerprint density at radius 1 is 1.13 bits per heavy atom. The molecule has 3 aromatic rings. The zero-order valence-corrected chi connectivity index (χ0v) is 25.0. The number of carbonyl (C=O) groups excluding carboxylic acids is 2. The van der Waals surface area contributed by atoms with Crippen molar-refractivity contribution >= 4 is 59.0 Å². The fourth-order valence-electron chi connectivity index (χ4n) is 5.45. The van der Waals surface area contributed by atoms with Crippen molar-refractivity contribution < 1.29 is 14.3 Å². The van der Waals surface area contributed by atoms with Crippen molar-refractivity contribution in [2.45, 2.75) is 39.3 Å². The minimum Gasteiger partial charge on any atom is -0.378 e. The second-order valence-electron chi connectivity index (χ2n) is 10.4. The van der Waals surface area contributed by atoms with Crippen molar-refractivity contribution in [3.05, 3.63) is 52.5 Å². The minimum absolute atomic E-state index is 0. The van der Waals surface area contributed by atoms with E-state index in [-0.39, 0.29) is 48.6 Å². The molecule has 214 valence electrons. The molecule has 2 atom stereocenters. The van der Waals surface area contributed by atoms with Crippen LogP contribution in [0.25, 0.3) is 11.0 Å². The first-order valence-corrected chi connectivity index (χ1v) is 14.2. The third kappa shape index (κ3) is 7.32. The Kier molecular flexibility index (Phi) is 11.6. The van der Waals surface area contributed by atoms with Crippen LogP contribution in [0.5, 0.6) is 0 Å². The molecule has 2 aromatic heterocycles. The van der Waals surface area contributed by atoms with Crippen molar-refractivity contribution in [1.29, 1.82) is 0 Å². The van der Waals surface area contributed by atoms with Crippen LogP contribution in [-0.4, -0.2) is 83.1 Å². The van der Waals surface area contributed by atoms with Crippen molar-refractivity contribution in [3.8, 4) is 0 Å². The Balaban J connectivity index is 0.00000210.